The van der Waals surface area contributed by atoms with Gasteiger partial charge in [0.25, 0.3) is 0 Å². The van der Waals surface area contributed by atoms with Crippen LogP contribution in [0.1, 0.15) is 41.6 Å². The standard InChI is InChI=1S/C17H23NO2S/c1-12-2-3-15(18)14(10-12)16(19)13-4-7-20-17(11-13)5-8-21-9-6-17/h2-3,10,13H,4-9,11,18H2,1H3. The van der Waals surface area contributed by atoms with Crippen LogP contribution in [0, 0.1) is 12.8 Å². The first-order chi connectivity index (χ1) is 10.1. The average Bonchev–Trinajstić information content (AvgIpc) is 2.50. The van der Waals surface area contributed by atoms with Crippen LogP contribution in [-0.2, 0) is 4.74 Å². The molecule has 1 spiro atoms. The zero-order chi connectivity index (χ0) is 14.9. The Labute approximate surface area is 130 Å². The molecule has 1 atom stereocenters. The van der Waals surface area contributed by atoms with E-state index in [1.165, 1.54) is 0 Å². The predicted octanol–water partition coefficient (Wildman–Crippen LogP) is 3.45. The monoisotopic (exact) mass is 305 g/mol. The van der Waals surface area contributed by atoms with Crippen LogP contribution in [-0.4, -0.2) is 29.5 Å². The van der Waals surface area contributed by atoms with Crippen LogP contribution in [0.2, 0.25) is 0 Å². The number of hydrogen-bond donors (Lipinski definition) is 1. The van der Waals surface area contributed by atoms with Crippen molar-refractivity contribution in [2.45, 2.75) is 38.2 Å². The van der Waals surface area contributed by atoms with Crippen LogP contribution in [0.4, 0.5) is 5.69 Å². The van der Waals surface area contributed by atoms with Gasteiger partial charge in [-0.1, -0.05) is 11.6 Å². The minimum absolute atomic E-state index is 0.0532. The third-order valence-corrected chi connectivity index (χ3v) is 5.73. The molecule has 2 aliphatic rings. The Morgan fingerprint density at radius 1 is 1.38 bits per heavy atom. The van der Waals surface area contributed by atoms with E-state index in [0.717, 1.165) is 42.8 Å². The molecule has 1 unspecified atom stereocenters. The second kappa shape index (κ2) is 6.01. The molecule has 3 nitrogen and oxygen atoms in total. The number of nitrogen functional groups attached to an aromatic ring is 1. The molecular weight excluding hydrogens is 282 g/mol. The molecule has 0 aliphatic carbocycles. The van der Waals surface area contributed by atoms with E-state index >= 15 is 0 Å². The van der Waals surface area contributed by atoms with Crippen molar-refractivity contribution in [2.24, 2.45) is 5.92 Å². The van der Waals surface area contributed by atoms with E-state index in [1.807, 2.05) is 36.9 Å². The molecule has 114 valence electrons. The third-order valence-electron chi connectivity index (χ3n) is 4.74. The summed E-state index contributed by atoms with van der Waals surface area (Å²) in [6.07, 6.45) is 3.83. The van der Waals surface area contributed by atoms with Crippen molar-refractivity contribution in [2.75, 3.05) is 23.8 Å². The number of aryl methyl sites for hydroxylation is 1. The van der Waals surface area contributed by atoms with Gasteiger partial charge in [0.2, 0.25) is 0 Å². The topological polar surface area (TPSA) is 52.3 Å². The SMILES string of the molecule is Cc1ccc(N)c(C(=O)C2CCOC3(CCSCC3)C2)c1. The number of rotatable bonds is 2. The maximum atomic E-state index is 12.9. The molecule has 2 fully saturated rings. The summed E-state index contributed by atoms with van der Waals surface area (Å²) in [6, 6.07) is 5.72. The van der Waals surface area contributed by atoms with Crippen molar-refractivity contribution < 1.29 is 9.53 Å². The van der Waals surface area contributed by atoms with E-state index in [4.69, 9.17) is 10.5 Å². The summed E-state index contributed by atoms with van der Waals surface area (Å²) in [5.74, 6) is 2.56. The summed E-state index contributed by atoms with van der Waals surface area (Å²) in [4.78, 5) is 12.9. The van der Waals surface area contributed by atoms with E-state index in [2.05, 4.69) is 0 Å². The maximum absolute atomic E-state index is 12.9. The van der Waals surface area contributed by atoms with Gasteiger partial charge in [-0.25, -0.2) is 0 Å². The fourth-order valence-electron chi connectivity index (χ4n) is 3.45. The van der Waals surface area contributed by atoms with E-state index in [9.17, 15) is 4.79 Å². The quantitative estimate of drug-likeness (QED) is 0.671. The first-order valence-corrected chi connectivity index (χ1v) is 8.87. The fourth-order valence-corrected chi connectivity index (χ4v) is 4.68. The number of ether oxygens (including phenoxy) is 1. The number of thioether (sulfide) groups is 1. The summed E-state index contributed by atoms with van der Waals surface area (Å²) in [5.41, 5.74) is 8.34. The number of benzene rings is 1. The lowest BCUT2D eigenvalue weighted by atomic mass is 9.78. The second-order valence-corrected chi connectivity index (χ2v) is 7.51. The Kier molecular flexibility index (Phi) is 4.27. The lowest BCUT2D eigenvalue weighted by Crippen LogP contribution is -2.44. The highest BCUT2D eigenvalue weighted by molar-refractivity contribution is 7.99. The van der Waals surface area contributed by atoms with Crippen LogP contribution in [0.3, 0.4) is 0 Å². The van der Waals surface area contributed by atoms with Gasteiger partial charge < -0.3 is 10.5 Å². The summed E-state index contributed by atoms with van der Waals surface area (Å²) in [5, 5.41) is 0. The summed E-state index contributed by atoms with van der Waals surface area (Å²) < 4.78 is 6.08. The highest BCUT2D eigenvalue weighted by Gasteiger charge is 2.41. The fraction of sp³-hybridized carbons (Fsp3) is 0.588. The van der Waals surface area contributed by atoms with Crippen LogP contribution in [0.5, 0.6) is 0 Å². The molecule has 2 saturated heterocycles. The van der Waals surface area contributed by atoms with Crippen molar-refractivity contribution in [1.82, 2.24) is 0 Å². The number of carbonyl (C=O) groups excluding carboxylic acids is 1. The Hall–Kier alpha value is -1.00. The van der Waals surface area contributed by atoms with E-state index in [1.54, 1.807) is 0 Å². The van der Waals surface area contributed by atoms with Gasteiger partial charge in [0.15, 0.2) is 5.78 Å². The Morgan fingerprint density at radius 3 is 2.90 bits per heavy atom. The highest BCUT2D eigenvalue weighted by Crippen LogP contribution is 2.41. The highest BCUT2D eigenvalue weighted by atomic mass is 32.2. The van der Waals surface area contributed by atoms with Gasteiger partial charge in [0.1, 0.15) is 0 Å². The van der Waals surface area contributed by atoms with Gasteiger partial charge in [-0.05, 0) is 56.2 Å². The summed E-state index contributed by atoms with van der Waals surface area (Å²) >= 11 is 1.99. The largest absolute Gasteiger partial charge is 0.398 e. The lowest BCUT2D eigenvalue weighted by Gasteiger charge is -2.43. The van der Waals surface area contributed by atoms with Crippen molar-refractivity contribution in [3.63, 3.8) is 0 Å². The average molecular weight is 305 g/mol. The molecule has 0 aromatic heterocycles. The number of nitrogens with two attached hydrogens (primary N) is 1. The number of carbonyl (C=O) groups is 1. The number of ketones is 1. The van der Waals surface area contributed by atoms with E-state index in [-0.39, 0.29) is 17.3 Å². The van der Waals surface area contributed by atoms with Crippen molar-refractivity contribution >= 4 is 23.2 Å². The molecule has 2 aliphatic heterocycles. The molecule has 2 heterocycles. The molecule has 0 radical (unpaired) electrons. The normalized spacial score (nSPS) is 24.9. The van der Waals surface area contributed by atoms with Crippen LogP contribution >= 0.6 is 11.8 Å². The minimum Gasteiger partial charge on any atom is -0.398 e. The van der Waals surface area contributed by atoms with Crippen LogP contribution < -0.4 is 5.73 Å². The van der Waals surface area contributed by atoms with Gasteiger partial charge >= 0.3 is 0 Å². The third kappa shape index (κ3) is 3.11. The van der Waals surface area contributed by atoms with Crippen LogP contribution in [0.25, 0.3) is 0 Å². The summed E-state index contributed by atoms with van der Waals surface area (Å²) in [6.45, 7) is 2.70. The molecule has 0 amide bonds. The van der Waals surface area contributed by atoms with Gasteiger partial charge in [-0.2, -0.15) is 11.8 Å². The number of Topliss-reactive ketones (excluding diaryl/α,β-unsaturated/α-hetero) is 1. The predicted molar refractivity (Wildman–Crippen MR) is 87.9 cm³/mol. The molecule has 0 saturated carbocycles. The number of hydrogen-bond acceptors (Lipinski definition) is 4. The maximum Gasteiger partial charge on any atom is 0.168 e. The molecule has 4 heteroatoms. The zero-order valence-electron chi connectivity index (χ0n) is 12.6. The van der Waals surface area contributed by atoms with Gasteiger partial charge in [0, 0.05) is 23.8 Å². The second-order valence-electron chi connectivity index (χ2n) is 6.29. The van der Waals surface area contributed by atoms with Crippen molar-refractivity contribution in [3.05, 3.63) is 29.3 Å². The van der Waals surface area contributed by atoms with Gasteiger partial charge in [0.05, 0.1) is 5.60 Å². The van der Waals surface area contributed by atoms with E-state index in [0.29, 0.717) is 17.9 Å². The first kappa shape index (κ1) is 14.9. The Bertz CT molecular complexity index is 532. The molecular formula is C17H23NO2S. The molecule has 2 N–H and O–H groups in total. The Morgan fingerprint density at radius 2 is 2.14 bits per heavy atom. The molecule has 0 bridgehead atoms. The molecule has 1 aromatic carbocycles. The van der Waals surface area contributed by atoms with Crippen LogP contribution in [0.15, 0.2) is 18.2 Å². The Balaban J connectivity index is 1.79. The van der Waals surface area contributed by atoms with Gasteiger partial charge in [-0.15, -0.1) is 0 Å². The molecule has 3 rings (SSSR count). The number of anilines is 1. The lowest BCUT2D eigenvalue weighted by molar-refractivity contribution is -0.0959. The van der Waals surface area contributed by atoms with E-state index < -0.39 is 0 Å². The first-order valence-electron chi connectivity index (χ1n) is 7.72. The molecule has 1 aromatic rings. The van der Waals surface area contributed by atoms with Crippen molar-refractivity contribution in [3.8, 4) is 0 Å². The van der Waals surface area contributed by atoms with Crippen molar-refractivity contribution in [1.29, 1.82) is 0 Å². The summed E-state index contributed by atoms with van der Waals surface area (Å²) in [7, 11) is 0. The van der Waals surface area contributed by atoms with Gasteiger partial charge in [-0.3, -0.25) is 4.79 Å². The smallest absolute Gasteiger partial charge is 0.168 e. The molecule has 21 heavy (non-hydrogen) atoms. The minimum atomic E-state index is -0.0532. The zero-order valence-corrected chi connectivity index (χ0v) is 13.4.